The van der Waals surface area contributed by atoms with Crippen LogP contribution in [-0.4, -0.2) is 18.1 Å². The number of hydrogen-bond donors (Lipinski definition) is 2. The van der Waals surface area contributed by atoms with Crippen LogP contribution in [0.1, 0.15) is 27.0 Å². The number of hydrogen-bond acceptors (Lipinski definition) is 7. The van der Waals surface area contributed by atoms with E-state index in [1.165, 1.54) is 19.1 Å². The number of ether oxygens (including phenoxy) is 1. The summed E-state index contributed by atoms with van der Waals surface area (Å²) in [4.78, 5) is 17.6. The van der Waals surface area contributed by atoms with Crippen LogP contribution in [0.3, 0.4) is 0 Å². The molecule has 1 unspecified atom stereocenters. The molecule has 152 valence electrons. The molecular formula is C23H21N3O2S2. The number of thiazole rings is 1. The Balaban J connectivity index is 1.59. The lowest BCUT2D eigenvalue weighted by atomic mass is 10.1. The molecule has 5 nitrogen and oxygen atoms in total. The van der Waals surface area contributed by atoms with E-state index in [-0.39, 0.29) is 12.0 Å². The van der Waals surface area contributed by atoms with Gasteiger partial charge in [0.2, 0.25) is 0 Å². The Morgan fingerprint density at radius 2 is 1.97 bits per heavy atom. The molecule has 1 atom stereocenters. The quantitative estimate of drug-likeness (QED) is 0.235. The fourth-order valence-electron chi connectivity index (χ4n) is 3.12. The molecule has 1 aromatic heterocycles. The fourth-order valence-corrected chi connectivity index (χ4v) is 5.02. The number of methoxy groups -OCH3 is 1. The van der Waals surface area contributed by atoms with Crippen LogP contribution in [0.2, 0.25) is 0 Å². The van der Waals surface area contributed by atoms with Crippen molar-refractivity contribution >= 4 is 45.2 Å². The number of aromatic nitrogens is 1. The molecule has 0 aliphatic rings. The van der Waals surface area contributed by atoms with Crippen LogP contribution in [0.5, 0.6) is 0 Å². The Morgan fingerprint density at radius 3 is 2.77 bits per heavy atom. The first kappa shape index (κ1) is 20.4. The van der Waals surface area contributed by atoms with Crippen LogP contribution < -0.4 is 10.5 Å². The van der Waals surface area contributed by atoms with E-state index in [1.807, 2.05) is 54.6 Å². The number of anilines is 1. The van der Waals surface area contributed by atoms with Crippen LogP contribution in [-0.2, 0) is 11.2 Å². The van der Waals surface area contributed by atoms with E-state index in [2.05, 4.69) is 16.9 Å². The highest BCUT2D eigenvalue weighted by atomic mass is 32.2. The minimum atomic E-state index is -0.347. The maximum atomic E-state index is 11.8. The topological polar surface area (TPSA) is 77.2 Å². The molecule has 4 rings (SSSR count). The van der Waals surface area contributed by atoms with Crippen molar-refractivity contribution in [3.05, 3.63) is 88.9 Å². The molecular weight excluding hydrogens is 414 g/mol. The van der Waals surface area contributed by atoms with Crippen LogP contribution in [0, 0.1) is 0 Å². The summed E-state index contributed by atoms with van der Waals surface area (Å²) in [7, 11) is 1.38. The molecule has 7 heteroatoms. The van der Waals surface area contributed by atoms with E-state index in [1.54, 1.807) is 17.4 Å². The van der Waals surface area contributed by atoms with Crippen molar-refractivity contribution in [3.63, 3.8) is 0 Å². The molecule has 1 heterocycles. The van der Waals surface area contributed by atoms with Gasteiger partial charge in [0.15, 0.2) is 0 Å². The van der Waals surface area contributed by atoms with Crippen molar-refractivity contribution in [3.8, 4) is 0 Å². The smallest absolute Gasteiger partial charge is 0.337 e. The number of nitrogens with zero attached hydrogens (tertiary/aromatic N) is 1. The lowest BCUT2D eigenvalue weighted by Gasteiger charge is -2.16. The van der Waals surface area contributed by atoms with E-state index in [4.69, 9.17) is 15.5 Å². The summed E-state index contributed by atoms with van der Waals surface area (Å²) in [5, 5.41) is 1.01. The molecule has 3 N–H and O–H groups in total. The summed E-state index contributed by atoms with van der Waals surface area (Å²) in [6, 6.07) is 23.4. The monoisotopic (exact) mass is 435 g/mol. The van der Waals surface area contributed by atoms with Crippen molar-refractivity contribution in [2.75, 3.05) is 12.8 Å². The van der Waals surface area contributed by atoms with E-state index >= 15 is 0 Å². The van der Waals surface area contributed by atoms with Gasteiger partial charge in [-0.1, -0.05) is 30.3 Å². The number of carbonyl (C=O) groups excluding carboxylic acids is 1. The van der Waals surface area contributed by atoms with Gasteiger partial charge in [-0.2, -0.15) is 0 Å². The number of esters is 1. The standard InChI is InChI=1S/C23H21N3O2S2/c1-28-23(27)16-7-5-9-18(14-16)30-26-20(13-15-6-4-8-17(24)12-15)22-25-19-10-2-3-11-21(19)29-22/h2-12,14,20,26H,13,24H2,1H3. The van der Waals surface area contributed by atoms with Crippen molar-refractivity contribution in [2.45, 2.75) is 17.4 Å². The van der Waals surface area contributed by atoms with Gasteiger partial charge in [0.25, 0.3) is 0 Å². The van der Waals surface area contributed by atoms with Gasteiger partial charge in [-0.15, -0.1) is 11.3 Å². The zero-order valence-electron chi connectivity index (χ0n) is 16.4. The number of nitrogen functional groups attached to an aromatic ring is 1. The molecule has 4 aromatic rings. The molecule has 0 amide bonds. The second-order valence-electron chi connectivity index (χ2n) is 6.76. The lowest BCUT2D eigenvalue weighted by molar-refractivity contribution is 0.0600. The summed E-state index contributed by atoms with van der Waals surface area (Å²) in [5.74, 6) is -0.347. The van der Waals surface area contributed by atoms with E-state index in [0.717, 1.165) is 37.8 Å². The zero-order chi connectivity index (χ0) is 20.9. The highest BCUT2D eigenvalue weighted by Crippen LogP contribution is 2.31. The molecule has 0 saturated carbocycles. The average Bonchev–Trinajstić information content (AvgIpc) is 3.20. The van der Waals surface area contributed by atoms with Crippen molar-refractivity contribution in [2.24, 2.45) is 0 Å². The third-order valence-electron chi connectivity index (χ3n) is 4.57. The number of rotatable bonds is 7. The van der Waals surface area contributed by atoms with Crippen LogP contribution in [0.15, 0.2) is 77.7 Å². The van der Waals surface area contributed by atoms with E-state index in [0.29, 0.717) is 5.56 Å². The third kappa shape index (κ3) is 4.81. The van der Waals surface area contributed by atoms with Gasteiger partial charge in [0.1, 0.15) is 5.01 Å². The molecule has 0 aliphatic heterocycles. The minimum absolute atomic E-state index is 0.0176. The largest absolute Gasteiger partial charge is 0.465 e. The predicted octanol–water partition coefficient (Wildman–Crippen LogP) is 5.25. The molecule has 0 saturated heterocycles. The summed E-state index contributed by atoms with van der Waals surface area (Å²) < 4.78 is 9.52. The van der Waals surface area contributed by atoms with Gasteiger partial charge in [-0.3, -0.25) is 0 Å². The number of benzene rings is 3. The molecule has 0 radical (unpaired) electrons. The van der Waals surface area contributed by atoms with Crippen LogP contribution >= 0.6 is 23.3 Å². The number of fused-ring (bicyclic) bond motifs is 1. The molecule has 3 aromatic carbocycles. The maximum Gasteiger partial charge on any atom is 0.337 e. The zero-order valence-corrected chi connectivity index (χ0v) is 18.0. The molecule has 0 fully saturated rings. The highest BCUT2D eigenvalue weighted by molar-refractivity contribution is 7.97. The Hall–Kier alpha value is -2.87. The molecule has 30 heavy (non-hydrogen) atoms. The van der Waals surface area contributed by atoms with E-state index < -0.39 is 0 Å². The summed E-state index contributed by atoms with van der Waals surface area (Å²) in [6.45, 7) is 0. The molecule has 0 bridgehead atoms. The Morgan fingerprint density at radius 1 is 1.13 bits per heavy atom. The fraction of sp³-hybridized carbons (Fsp3) is 0.130. The lowest BCUT2D eigenvalue weighted by Crippen LogP contribution is -2.17. The summed E-state index contributed by atoms with van der Waals surface area (Å²) in [5.41, 5.74) is 9.37. The van der Waals surface area contributed by atoms with Gasteiger partial charge < -0.3 is 10.5 Å². The first-order valence-corrected chi connectivity index (χ1v) is 11.1. The summed E-state index contributed by atoms with van der Waals surface area (Å²) in [6.07, 6.45) is 0.745. The highest BCUT2D eigenvalue weighted by Gasteiger charge is 2.18. The second-order valence-corrected chi connectivity index (χ2v) is 8.73. The molecule has 0 aliphatic carbocycles. The molecule has 0 spiro atoms. The normalized spacial score (nSPS) is 12.0. The van der Waals surface area contributed by atoms with Gasteiger partial charge in [-0.25, -0.2) is 14.5 Å². The van der Waals surface area contributed by atoms with Crippen LogP contribution in [0.25, 0.3) is 10.2 Å². The Kier molecular flexibility index (Phi) is 6.32. The Bertz CT molecular complexity index is 1140. The number of para-hydroxylation sites is 1. The van der Waals surface area contributed by atoms with Gasteiger partial charge in [-0.05, 0) is 66.4 Å². The third-order valence-corrected chi connectivity index (χ3v) is 6.62. The van der Waals surface area contributed by atoms with Crippen LogP contribution in [0.4, 0.5) is 5.69 Å². The minimum Gasteiger partial charge on any atom is -0.465 e. The van der Waals surface area contributed by atoms with Gasteiger partial charge in [0, 0.05) is 10.6 Å². The average molecular weight is 436 g/mol. The van der Waals surface area contributed by atoms with Gasteiger partial charge >= 0.3 is 5.97 Å². The van der Waals surface area contributed by atoms with Gasteiger partial charge in [0.05, 0.1) is 28.9 Å². The maximum absolute atomic E-state index is 11.8. The summed E-state index contributed by atoms with van der Waals surface area (Å²) >= 11 is 3.16. The first-order chi connectivity index (χ1) is 14.6. The predicted molar refractivity (Wildman–Crippen MR) is 124 cm³/mol. The number of carbonyl (C=O) groups is 1. The van der Waals surface area contributed by atoms with Crippen molar-refractivity contribution in [1.82, 2.24) is 9.71 Å². The Labute approximate surface area is 183 Å². The first-order valence-electron chi connectivity index (χ1n) is 9.43. The van der Waals surface area contributed by atoms with Crippen molar-refractivity contribution < 1.29 is 9.53 Å². The second kappa shape index (κ2) is 9.30. The van der Waals surface area contributed by atoms with Crippen molar-refractivity contribution in [1.29, 1.82) is 0 Å². The number of nitrogens with two attached hydrogens (primary N) is 1. The van der Waals surface area contributed by atoms with E-state index in [9.17, 15) is 4.79 Å². The number of nitrogens with one attached hydrogen (secondary N) is 1. The SMILES string of the molecule is COC(=O)c1cccc(SNC(Cc2cccc(N)c2)c2nc3ccccc3s2)c1.